The average molecular weight is 287 g/mol. The molecule has 7 nitrogen and oxygen atoms in total. The van der Waals surface area contributed by atoms with Crippen molar-refractivity contribution in [1.82, 2.24) is 24.8 Å². The van der Waals surface area contributed by atoms with Crippen LogP contribution < -0.4 is 10.2 Å². The van der Waals surface area contributed by atoms with Crippen LogP contribution in [0.1, 0.15) is 19.8 Å². The number of nitrogens with zero attached hydrogens (tertiary/aromatic N) is 5. The molecule has 1 saturated carbocycles. The first-order valence-electron chi connectivity index (χ1n) is 7.79. The third-order valence-electron chi connectivity index (χ3n) is 4.28. The molecule has 1 aliphatic heterocycles. The molecule has 1 aliphatic carbocycles. The Kier molecular flexibility index (Phi) is 3.14. The molecule has 0 amide bonds. The first-order valence-corrected chi connectivity index (χ1v) is 7.79. The lowest BCUT2D eigenvalue weighted by atomic mass is 10.3. The van der Waals surface area contributed by atoms with Gasteiger partial charge in [0.1, 0.15) is 5.52 Å². The number of nitrogens with one attached hydrogen (secondary N) is 2. The summed E-state index contributed by atoms with van der Waals surface area (Å²) in [7, 11) is 0. The summed E-state index contributed by atoms with van der Waals surface area (Å²) in [5.74, 6) is 1.64. The number of anilines is 2. The van der Waals surface area contributed by atoms with Gasteiger partial charge >= 0.3 is 0 Å². The Balaban J connectivity index is 1.60. The van der Waals surface area contributed by atoms with Crippen LogP contribution >= 0.6 is 0 Å². The van der Waals surface area contributed by atoms with Crippen LogP contribution in [0.5, 0.6) is 0 Å². The summed E-state index contributed by atoms with van der Waals surface area (Å²) in [4.78, 5) is 21.5. The predicted molar refractivity (Wildman–Crippen MR) is 82.7 cm³/mol. The molecule has 0 spiro atoms. The molecule has 1 saturated heterocycles. The van der Waals surface area contributed by atoms with Gasteiger partial charge in [0.2, 0.25) is 5.95 Å². The second-order valence-corrected chi connectivity index (χ2v) is 5.76. The van der Waals surface area contributed by atoms with Crippen molar-refractivity contribution in [3.05, 3.63) is 6.33 Å². The third kappa shape index (κ3) is 2.42. The Morgan fingerprint density at radius 3 is 2.76 bits per heavy atom. The van der Waals surface area contributed by atoms with Gasteiger partial charge in [-0.05, 0) is 19.8 Å². The molecule has 0 aromatic carbocycles. The van der Waals surface area contributed by atoms with Crippen LogP contribution in [-0.2, 0) is 0 Å². The maximum atomic E-state index is 4.69. The van der Waals surface area contributed by atoms with Crippen molar-refractivity contribution in [2.45, 2.75) is 25.8 Å². The van der Waals surface area contributed by atoms with Crippen LogP contribution in [0.25, 0.3) is 11.2 Å². The molecule has 0 atom stereocenters. The standard InChI is InChI=1S/C14H21N7/c1-2-15-14-18-12-11(16-9-17-12)13(19-14)21-7-5-20(6-8-21)10-3-4-10/h9-10H,2-8H2,1H3,(H2,15,16,17,18,19). The highest BCUT2D eigenvalue weighted by molar-refractivity contribution is 5.84. The fourth-order valence-electron chi connectivity index (χ4n) is 3.02. The zero-order valence-electron chi connectivity index (χ0n) is 12.3. The number of H-pyrrole nitrogens is 1. The topological polar surface area (TPSA) is 73.0 Å². The third-order valence-corrected chi connectivity index (χ3v) is 4.28. The number of rotatable bonds is 4. The highest BCUT2D eigenvalue weighted by Crippen LogP contribution is 2.29. The lowest BCUT2D eigenvalue weighted by Crippen LogP contribution is -2.47. The van der Waals surface area contributed by atoms with Gasteiger partial charge in [-0.25, -0.2) is 4.98 Å². The zero-order valence-corrected chi connectivity index (χ0v) is 12.3. The molecule has 2 aliphatic rings. The Morgan fingerprint density at radius 2 is 2.05 bits per heavy atom. The van der Waals surface area contributed by atoms with Crippen LogP contribution in [0.3, 0.4) is 0 Å². The van der Waals surface area contributed by atoms with Gasteiger partial charge in [0.15, 0.2) is 11.5 Å². The molecular formula is C14H21N7. The van der Waals surface area contributed by atoms with E-state index in [0.717, 1.165) is 55.7 Å². The molecule has 7 heteroatoms. The maximum Gasteiger partial charge on any atom is 0.226 e. The van der Waals surface area contributed by atoms with Gasteiger partial charge in [0.05, 0.1) is 6.33 Å². The minimum atomic E-state index is 0.664. The Morgan fingerprint density at radius 1 is 1.24 bits per heavy atom. The summed E-state index contributed by atoms with van der Waals surface area (Å²) < 4.78 is 0. The van der Waals surface area contributed by atoms with E-state index in [0.29, 0.717) is 5.95 Å². The van der Waals surface area contributed by atoms with E-state index < -0.39 is 0 Å². The second kappa shape index (κ2) is 5.14. The summed E-state index contributed by atoms with van der Waals surface area (Å²) in [6.45, 7) is 7.15. The molecule has 2 fully saturated rings. The quantitative estimate of drug-likeness (QED) is 0.876. The van der Waals surface area contributed by atoms with Gasteiger partial charge in [-0.3, -0.25) is 4.90 Å². The van der Waals surface area contributed by atoms with Crippen LogP contribution in [0, 0.1) is 0 Å². The van der Waals surface area contributed by atoms with E-state index in [1.165, 1.54) is 12.8 Å². The molecule has 2 aromatic heterocycles. The fraction of sp³-hybridized carbons (Fsp3) is 0.643. The van der Waals surface area contributed by atoms with Crippen molar-refractivity contribution in [2.24, 2.45) is 0 Å². The number of aromatic amines is 1. The predicted octanol–water partition coefficient (Wildman–Crippen LogP) is 1.07. The summed E-state index contributed by atoms with van der Waals surface area (Å²) in [5, 5.41) is 3.19. The SMILES string of the molecule is CCNc1nc(N2CCN(C3CC3)CC2)c2[nH]cnc2n1. The molecule has 112 valence electrons. The zero-order chi connectivity index (χ0) is 14.2. The van der Waals surface area contributed by atoms with E-state index in [9.17, 15) is 0 Å². The van der Waals surface area contributed by atoms with Crippen molar-refractivity contribution in [3.63, 3.8) is 0 Å². The van der Waals surface area contributed by atoms with Crippen molar-refractivity contribution in [1.29, 1.82) is 0 Å². The minimum absolute atomic E-state index is 0.664. The number of hydrogen-bond acceptors (Lipinski definition) is 6. The van der Waals surface area contributed by atoms with Crippen molar-refractivity contribution in [2.75, 3.05) is 42.9 Å². The van der Waals surface area contributed by atoms with Crippen LogP contribution in [0.2, 0.25) is 0 Å². The maximum absolute atomic E-state index is 4.69. The Bertz CT molecular complexity index is 625. The molecule has 4 rings (SSSR count). The summed E-state index contributed by atoms with van der Waals surface area (Å²) in [5.41, 5.74) is 1.68. The lowest BCUT2D eigenvalue weighted by Gasteiger charge is -2.35. The van der Waals surface area contributed by atoms with Gasteiger partial charge in [-0.15, -0.1) is 0 Å². The highest BCUT2D eigenvalue weighted by atomic mass is 15.3. The van der Waals surface area contributed by atoms with Gasteiger partial charge in [0.25, 0.3) is 0 Å². The molecular weight excluding hydrogens is 266 g/mol. The molecule has 0 radical (unpaired) electrons. The van der Waals surface area contributed by atoms with Crippen LogP contribution in [0.15, 0.2) is 6.33 Å². The lowest BCUT2D eigenvalue weighted by molar-refractivity contribution is 0.248. The highest BCUT2D eigenvalue weighted by Gasteiger charge is 2.32. The van der Waals surface area contributed by atoms with E-state index in [1.54, 1.807) is 6.33 Å². The van der Waals surface area contributed by atoms with E-state index >= 15 is 0 Å². The first-order chi connectivity index (χ1) is 10.3. The van der Waals surface area contributed by atoms with Crippen molar-refractivity contribution < 1.29 is 0 Å². The Hall–Kier alpha value is -1.89. The van der Waals surface area contributed by atoms with Gasteiger partial charge < -0.3 is 15.2 Å². The summed E-state index contributed by atoms with van der Waals surface area (Å²) in [6, 6.07) is 0.849. The van der Waals surface area contributed by atoms with E-state index in [-0.39, 0.29) is 0 Å². The van der Waals surface area contributed by atoms with Crippen molar-refractivity contribution >= 4 is 22.9 Å². The molecule has 0 unspecified atom stereocenters. The van der Waals surface area contributed by atoms with Gasteiger partial charge in [-0.2, -0.15) is 9.97 Å². The first kappa shape index (κ1) is 12.8. The fourth-order valence-corrected chi connectivity index (χ4v) is 3.02. The van der Waals surface area contributed by atoms with Crippen LogP contribution in [0.4, 0.5) is 11.8 Å². The monoisotopic (exact) mass is 287 g/mol. The van der Waals surface area contributed by atoms with Crippen molar-refractivity contribution in [3.8, 4) is 0 Å². The number of aromatic nitrogens is 4. The minimum Gasteiger partial charge on any atom is -0.354 e. The van der Waals surface area contributed by atoms with Gasteiger partial charge in [0, 0.05) is 38.8 Å². The largest absolute Gasteiger partial charge is 0.354 e. The molecule has 2 N–H and O–H groups in total. The smallest absolute Gasteiger partial charge is 0.226 e. The molecule has 2 aromatic rings. The number of fused-ring (bicyclic) bond motifs is 1. The second-order valence-electron chi connectivity index (χ2n) is 5.76. The Labute approximate surface area is 123 Å². The van der Waals surface area contributed by atoms with E-state index in [1.807, 2.05) is 6.92 Å². The van der Waals surface area contributed by atoms with E-state index in [4.69, 9.17) is 0 Å². The summed E-state index contributed by atoms with van der Waals surface area (Å²) >= 11 is 0. The number of hydrogen-bond donors (Lipinski definition) is 2. The average Bonchev–Trinajstić information content (AvgIpc) is 3.25. The van der Waals surface area contributed by atoms with E-state index in [2.05, 4.69) is 35.1 Å². The molecule has 3 heterocycles. The summed E-state index contributed by atoms with van der Waals surface area (Å²) in [6.07, 6.45) is 4.45. The molecule has 0 bridgehead atoms. The number of imidazole rings is 1. The molecule has 21 heavy (non-hydrogen) atoms. The number of piperazine rings is 1. The normalized spacial score (nSPS) is 20.1. The van der Waals surface area contributed by atoms with Gasteiger partial charge in [-0.1, -0.05) is 0 Å². The van der Waals surface area contributed by atoms with Crippen LogP contribution in [-0.4, -0.2) is 63.6 Å².